The summed E-state index contributed by atoms with van der Waals surface area (Å²) in [6.45, 7) is -0.959. The van der Waals surface area contributed by atoms with Crippen LogP contribution in [0, 0.1) is 5.82 Å². The fourth-order valence-electron chi connectivity index (χ4n) is 1.97. The largest absolute Gasteiger partial charge is 0.490 e. The van der Waals surface area contributed by atoms with Gasteiger partial charge in [-0.2, -0.15) is 8.78 Å². The van der Waals surface area contributed by atoms with Crippen LogP contribution in [-0.2, 0) is 0 Å². The highest BCUT2D eigenvalue weighted by atomic mass is 19.3. The third-order valence-corrected chi connectivity index (χ3v) is 3.04. The van der Waals surface area contributed by atoms with Crippen molar-refractivity contribution in [2.45, 2.75) is 13.5 Å². The average Bonchev–Trinajstić information content (AvgIpc) is 2.55. The maximum Gasteiger partial charge on any atom is 0.387 e. The zero-order valence-electron chi connectivity index (χ0n) is 12.8. The predicted molar refractivity (Wildman–Crippen MR) is 84.0 cm³/mol. The van der Waals surface area contributed by atoms with Crippen LogP contribution < -0.4 is 9.47 Å². The first kappa shape index (κ1) is 17.6. The van der Waals surface area contributed by atoms with Gasteiger partial charge in [-0.1, -0.05) is 12.1 Å². The first-order valence-electron chi connectivity index (χ1n) is 7.19. The predicted octanol–water partition coefficient (Wildman–Crippen LogP) is 4.72. The van der Waals surface area contributed by atoms with Crippen molar-refractivity contribution in [3.63, 3.8) is 0 Å². The molecule has 0 aliphatic rings. The number of benzene rings is 2. The van der Waals surface area contributed by atoms with Gasteiger partial charge in [0.1, 0.15) is 5.82 Å². The molecular weight excluding hydrogens is 321 g/mol. The monoisotopic (exact) mass is 336 g/mol. The maximum absolute atomic E-state index is 12.8. The summed E-state index contributed by atoms with van der Waals surface area (Å²) < 4.78 is 47.2. The molecule has 0 aliphatic heterocycles. The second-order valence-electron chi connectivity index (χ2n) is 4.72. The Morgan fingerprint density at radius 3 is 2.46 bits per heavy atom. The van der Waals surface area contributed by atoms with Gasteiger partial charge in [0.2, 0.25) is 0 Å². The molecule has 0 radical (unpaired) electrons. The number of hydrogen-bond acceptors (Lipinski definition) is 3. The van der Waals surface area contributed by atoms with Gasteiger partial charge in [0.05, 0.1) is 6.61 Å². The summed E-state index contributed by atoms with van der Waals surface area (Å²) in [7, 11) is 0. The van der Waals surface area contributed by atoms with E-state index in [-0.39, 0.29) is 23.9 Å². The van der Waals surface area contributed by atoms with Gasteiger partial charge in [-0.05, 0) is 55.0 Å². The number of allylic oxidation sites excluding steroid dienone is 1. The van der Waals surface area contributed by atoms with Gasteiger partial charge >= 0.3 is 6.61 Å². The summed E-state index contributed by atoms with van der Waals surface area (Å²) in [5, 5.41) is 0. The van der Waals surface area contributed by atoms with Gasteiger partial charge in [-0.25, -0.2) is 4.39 Å². The summed E-state index contributed by atoms with van der Waals surface area (Å²) in [5.74, 6) is -0.643. The number of rotatable bonds is 7. The molecule has 2 rings (SSSR count). The van der Waals surface area contributed by atoms with Gasteiger partial charge in [0.25, 0.3) is 0 Å². The average molecular weight is 336 g/mol. The summed E-state index contributed by atoms with van der Waals surface area (Å²) in [6.07, 6.45) is 2.83. The van der Waals surface area contributed by atoms with E-state index in [9.17, 15) is 18.0 Å². The lowest BCUT2D eigenvalue weighted by Crippen LogP contribution is -2.04. The fraction of sp³-hybridized carbons (Fsp3) is 0.167. The number of hydrogen-bond donors (Lipinski definition) is 0. The molecule has 0 saturated heterocycles. The molecule has 6 heteroatoms. The lowest BCUT2D eigenvalue weighted by atomic mass is 10.1. The van der Waals surface area contributed by atoms with Crippen molar-refractivity contribution in [2.24, 2.45) is 0 Å². The van der Waals surface area contributed by atoms with Crippen molar-refractivity contribution >= 4 is 11.9 Å². The highest BCUT2D eigenvalue weighted by Gasteiger charge is 2.11. The summed E-state index contributed by atoms with van der Waals surface area (Å²) >= 11 is 0. The minimum absolute atomic E-state index is 0.0751. The molecule has 3 nitrogen and oxygen atoms in total. The first-order chi connectivity index (χ1) is 11.5. The van der Waals surface area contributed by atoms with E-state index in [1.807, 2.05) is 0 Å². The third-order valence-electron chi connectivity index (χ3n) is 3.04. The van der Waals surface area contributed by atoms with Gasteiger partial charge in [0.15, 0.2) is 17.3 Å². The second-order valence-corrected chi connectivity index (χ2v) is 4.72. The quantitative estimate of drug-likeness (QED) is 0.542. The highest BCUT2D eigenvalue weighted by Crippen LogP contribution is 2.30. The van der Waals surface area contributed by atoms with Crippen LogP contribution in [0.1, 0.15) is 22.8 Å². The van der Waals surface area contributed by atoms with Crippen LogP contribution in [0.3, 0.4) is 0 Å². The SMILES string of the molecule is CCOc1cc(C=CC(=O)c2ccc(F)cc2)ccc1OC(F)F. The Bertz CT molecular complexity index is 725. The molecule has 0 amide bonds. The molecule has 2 aromatic carbocycles. The standard InChI is InChI=1S/C18H15F3O3/c1-2-23-17-11-12(4-10-16(17)24-18(20)21)3-9-15(22)13-5-7-14(19)8-6-13/h3-11,18H,2H2,1H3. The van der Waals surface area contributed by atoms with E-state index in [1.54, 1.807) is 6.92 Å². The molecule has 0 aromatic heterocycles. The molecule has 0 spiro atoms. The van der Waals surface area contributed by atoms with Crippen LogP contribution in [0.25, 0.3) is 6.08 Å². The summed E-state index contributed by atoms with van der Waals surface area (Å²) in [5.41, 5.74) is 0.922. The van der Waals surface area contributed by atoms with Gasteiger partial charge < -0.3 is 9.47 Å². The van der Waals surface area contributed by atoms with Crippen molar-refractivity contribution in [3.05, 3.63) is 65.5 Å². The number of carbonyl (C=O) groups is 1. The molecule has 0 bridgehead atoms. The van der Waals surface area contributed by atoms with Crippen LogP contribution in [0.5, 0.6) is 11.5 Å². The first-order valence-corrected chi connectivity index (χ1v) is 7.19. The van der Waals surface area contributed by atoms with Crippen LogP contribution in [-0.4, -0.2) is 19.0 Å². The van der Waals surface area contributed by atoms with E-state index in [2.05, 4.69) is 4.74 Å². The molecule has 0 unspecified atom stereocenters. The van der Waals surface area contributed by atoms with E-state index in [1.165, 1.54) is 54.6 Å². The third kappa shape index (κ3) is 4.87. The fourth-order valence-corrected chi connectivity index (χ4v) is 1.97. The van der Waals surface area contributed by atoms with Crippen molar-refractivity contribution in [3.8, 4) is 11.5 Å². The molecule has 0 N–H and O–H groups in total. The van der Waals surface area contributed by atoms with Gasteiger partial charge in [-0.3, -0.25) is 4.79 Å². The molecule has 0 atom stereocenters. The number of ketones is 1. The van der Waals surface area contributed by atoms with Crippen LogP contribution in [0.15, 0.2) is 48.5 Å². The molecular formula is C18H15F3O3. The molecule has 0 fully saturated rings. The minimum atomic E-state index is -2.95. The lowest BCUT2D eigenvalue weighted by molar-refractivity contribution is -0.0514. The normalized spacial score (nSPS) is 11.0. The summed E-state index contributed by atoms with van der Waals surface area (Å²) in [4.78, 5) is 12.0. The van der Waals surface area contributed by atoms with Gasteiger partial charge in [-0.15, -0.1) is 0 Å². The number of alkyl halides is 2. The molecule has 0 saturated carbocycles. The van der Waals surface area contributed by atoms with Crippen molar-refractivity contribution in [1.82, 2.24) is 0 Å². The molecule has 24 heavy (non-hydrogen) atoms. The van der Waals surface area contributed by atoms with E-state index >= 15 is 0 Å². The molecule has 0 heterocycles. The number of ether oxygens (including phenoxy) is 2. The Hall–Kier alpha value is -2.76. The molecule has 126 valence electrons. The molecule has 0 aliphatic carbocycles. The van der Waals surface area contributed by atoms with Crippen molar-refractivity contribution < 1.29 is 27.4 Å². The Labute approximate surface area is 137 Å². The number of carbonyl (C=O) groups excluding carboxylic acids is 1. The summed E-state index contributed by atoms with van der Waals surface area (Å²) in [6, 6.07) is 9.53. The van der Waals surface area contributed by atoms with Crippen LogP contribution >= 0.6 is 0 Å². The van der Waals surface area contributed by atoms with Gasteiger partial charge in [0, 0.05) is 5.56 Å². The second kappa shape index (κ2) is 8.19. The molecule has 2 aromatic rings. The Morgan fingerprint density at radius 2 is 1.83 bits per heavy atom. The van der Waals surface area contributed by atoms with Crippen LogP contribution in [0.2, 0.25) is 0 Å². The zero-order chi connectivity index (χ0) is 17.5. The Kier molecular flexibility index (Phi) is 6.01. The van der Waals surface area contributed by atoms with Crippen LogP contribution in [0.4, 0.5) is 13.2 Å². The van der Waals surface area contributed by atoms with Crippen molar-refractivity contribution in [1.29, 1.82) is 0 Å². The smallest absolute Gasteiger partial charge is 0.387 e. The highest BCUT2D eigenvalue weighted by molar-refractivity contribution is 6.06. The minimum Gasteiger partial charge on any atom is -0.490 e. The Balaban J connectivity index is 2.17. The van der Waals surface area contributed by atoms with E-state index < -0.39 is 12.4 Å². The maximum atomic E-state index is 12.8. The lowest BCUT2D eigenvalue weighted by Gasteiger charge is -2.11. The Morgan fingerprint density at radius 1 is 1.12 bits per heavy atom. The van der Waals surface area contributed by atoms with E-state index in [0.29, 0.717) is 11.1 Å². The van der Waals surface area contributed by atoms with E-state index in [4.69, 9.17) is 4.74 Å². The van der Waals surface area contributed by atoms with E-state index in [0.717, 1.165) is 0 Å². The number of halogens is 3. The topological polar surface area (TPSA) is 35.5 Å². The zero-order valence-corrected chi connectivity index (χ0v) is 12.8. The van der Waals surface area contributed by atoms with Crippen molar-refractivity contribution in [2.75, 3.05) is 6.61 Å².